The molecule has 3 heterocycles. The van der Waals surface area contributed by atoms with Crippen LogP contribution in [-0.4, -0.2) is 45.3 Å². The van der Waals surface area contributed by atoms with Crippen molar-refractivity contribution in [2.45, 2.75) is 38.5 Å². The highest BCUT2D eigenvalue weighted by molar-refractivity contribution is 6.42. The van der Waals surface area contributed by atoms with Gasteiger partial charge in [-0.15, -0.1) is 12.4 Å². The maximum atomic E-state index is 12.6. The molecule has 1 unspecified atom stereocenters. The minimum atomic E-state index is -0.214. The van der Waals surface area contributed by atoms with Crippen molar-refractivity contribution in [2.24, 2.45) is 0 Å². The Morgan fingerprint density at radius 1 is 1.26 bits per heavy atom. The Bertz CT molecular complexity index is 1060. The van der Waals surface area contributed by atoms with Crippen molar-refractivity contribution >= 4 is 52.7 Å². The first-order chi connectivity index (χ1) is 14.6. The normalized spacial score (nSPS) is 16.3. The number of aryl methyl sites for hydroxylation is 1. The molecule has 4 rings (SSSR count). The lowest BCUT2D eigenvalue weighted by atomic mass is 10.1. The van der Waals surface area contributed by atoms with Crippen molar-refractivity contribution in [2.75, 3.05) is 25.0 Å². The summed E-state index contributed by atoms with van der Waals surface area (Å²) in [5, 5.41) is 7.43. The second-order valence-electron chi connectivity index (χ2n) is 7.32. The van der Waals surface area contributed by atoms with Gasteiger partial charge in [0.2, 0.25) is 5.95 Å². The smallest absolute Gasteiger partial charge is 0.278 e. The first kappa shape index (κ1) is 23.8. The molecule has 3 aromatic rings. The number of morpholine rings is 1. The summed E-state index contributed by atoms with van der Waals surface area (Å²) in [5.74, 6) is 0.366. The van der Waals surface area contributed by atoms with Gasteiger partial charge in [0.1, 0.15) is 0 Å². The van der Waals surface area contributed by atoms with Gasteiger partial charge in [-0.2, -0.15) is 4.98 Å². The maximum Gasteiger partial charge on any atom is 0.278 e. The Balaban J connectivity index is 0.00000272. The van der Waals surface area contributed by atoms with Gasteiger partial charge in [-0.1, -0.05) is 29.3 Å². The number of aromatic amines is 1. The summed E-state index contributed by atoms with van der Waals surface area (Å²) in [4.78, 5) is 24.1. The largest absolute Gasteiger partial charge is 0.376 e. The fraction of sp³-hybridized carbons (Fsp3) is 0.450. The van der Waals surface area contributed by atoms with Crippen LogP contribution in [0.4, 0.5) is 5.95 Å². The standard InChI is InChI=1S/C20H24Cl2N6O2.ClH/c21-15-5-4-13(9-16(15)22)10-24-20-26-18-17(19(29)27-20)28(12-25-18)7-2-1-3-14-11-23-6-8-30-14;/h4-5,9,12,14,23H,1-3,6-8,10-11H2,(H2,24,26,27,29);1H. The van der Waals surface area contributed by atoms with Crippen LogP contribution in [0.3, 0.4) is 0 Å². The van der Waals surface area contributed by atoms with E-state index in [-0.39, 0.29) is 24.1 Å². The zero-order valence-electron chi connectivity index (χ0n) is 16.9. The Morgan fingerprint density at radius 2 is 2.13 bits per heavy atom. The SMILES string of the molecule is Cl.O=c1[nH]c(NCc2ccc(Cl)c(Cl)c2)nc2ncn(CCCCC3CNCCO3)c12. The van der Waals surface area contributed by atoms with Gasteiger partial charge in [-0.3, -0.25) is 9.78 Å². The van der Waals surface area contributed by atoms with E-state index in [4.69, 9.17) is 27.9 Å². The summed E-state index contributed by atoms with van der Waals surface area (Å²) in [6, 6.07) is 5.37. The molecule has 1 aromatic carbocycles. The van der Waals surface area contributed by atoms with E-state index in [1.165, 1.54) is 0 Å². The molecular weight excluding hydrogens is 463 g/mol. The number of ether oxygens (including phenoxy) is 1. The fourth-order valence-corrected chi connectivity index (χ4v) is 3.85. The molecule has 11 heteroatoms. The topological polar surface area (TPSA) is 96.9 Å². The van der Waals surface area contributed by atoms with E-state index in [1.54, 1.807) is 18.5 Å². The van der Waals surface area contributed by atoms with Gasteiger partial charge in [0, 0.05) is 26.2 Å². The van der Waals surface area contributed by atoms with Gasteiger partial charge in [0.15, 0.2) is 11.2 Å². The number of anilines is 1. The number of H-pyrrole nitrogens is 1. The number of rotatable bonds is 8. The van der Waals surface area contributed by atoms with Crippen LogP contribution in [0.1, 0.15) is 24.8 Å². The molecule has 1 saturated heterocycles. The van der Waals surface area contributed by atoms with Crippen LogP contribution in [0.5, 0.6) is 0 Å². The molecule has 3 N–H and O–H groups in total. The third kappa shape index (κ3) is 6.11. The highest BCUT2D eigenvalue weighted by Gasteiger charge is 2.14. The van der Waals surface area contributed by atoms with E-state index in [0.29, 0.717) is 33.7 Å². The molecule has 31 heavy (non-hydrogen) atoms. The van der Waals surface area contributed by atoms with Gasteiger partial charge in [0.05, 0.1) is 29.1 Å². The van der Waals surface area contributed by atoms with Gasteiger partial charge in [-0.25, -0.2) is 4.98 Å². The lowest BCUT2D eigenvalue weighted by molar-refractivity contribution is 0.0220. The van der Waals surface area contributed by atoms with E-state index < -0.39 is 0 Å². The summed E-state index contributed by atoms with van der Waals surface area (Å²) in [5.41, 5.74) is 1.63. The first-order valence-corrected chi connectivity index (χ1v) is 10.8. The number of nitrogens with one attached hydrogen (secondary N) is 3. The average molecular weight is 488 g/mol. The lowest BCUT2D eigenvalue weighted by Crippen LogP contribution is -2.38. The second kappa shape index (κ2) is 11.2. The minimum absolute atomic E-state index is 0. The summed E-state index contributed by atoms with van der Waals surface area (Å²) < 4.78 is 7.58. The number of imidazole rings is 1. The predicted molar refractivity (Wildman–Crippen MR) is 126 cm³/mol. The summed E-state index contributed by atoms with van der Waals surface area (Å²) in [7, 11) is 0. The highest BCUT2D eigenvalue weighted by Crippen LogP contribution is 2.23. The van der Waals surface area contributed by atoms with Crippen molar-refractivity contribution in [3.05, 3.63) is 50.5 Å². The van der Waals surface area contributed by atoms with Crippen LogP contribution in [-0.2, 0) is 17.8 Å². The van der Waals surface area contributed by atoms with Crippen LogP contribution < -0.4 is 16.2 Å². The fourth-order valence-electron chi connectivity index (χ4n) is 3.53. The number of halogens is 3. The van der Waals surface area contributed by atoms with Gasteiger partial charge >= 0.3 is 0 Å². The number of aromatic nitrogens is 4. The molecule has 1 atom stereocenters. The Labute approximate surface area is 196 Å². The number of hydrogen-bond donors (Lipinski definition) is 3. The molecule has 0 aliphatic carbocycles. The lowest BCUT2D eigenvalue weighted by Gasteiger charge is -2.23. The van der Waals surface area contributed by atoms with E-state index in [2.05, 4.69) is 25.6 Å². The monoisotopic (exact) mass is 486 g/mol. The molecule has 168 valence electrons. The molecule has 1 fully saturated rings. The molecule has 8 nitrogen and oxygen atoms in total. The zero-order chi connectivity index (χ0) is 20.9. The molecular formula is C20H25Cl3N6O2. The van der Waals surface area contributed by atoms with Crippen molar-refractivity contribution in [1.82, 2.24) is 24.8 Å². The second-order valence-corrected chi connectivity index (χ2v) is 8.13. The van der Waals surface area contributed by atoms with E-state index in [0.717, 1.165) is 51.1 Å². The highest BCUT2D eigenvalue weighted by atomic mass is 35.5. The minimum Gasteiger partial charge on any atom is -0.376 e. The Hall–Kier alpha value is -1.84. The van der Waals surface area contributed by atoms with Crippen molar-refractivity contribution in [3.63, 3.8) is 0 Å². The maximum absolute atomic E-state index is 12.6. The Morgan fingerprint density at radius 3 is 2.90 bits per heavy atom. The summed E-state index contributed by atoms with van der Waals surface area (Å²) in [6.45, 7) is 3.79. The van der Waals surface area contributed by atoms with Crippen LogP contribution in [0.2, 0.25) is 10.0 Å². The molecule has 0 saturated carbocycles. The van der Waals surface area contributed by atoms with Crippen molar-refractivity contribution in [3.8, 4) is 0 Å². The number of benzene rings is 1. The number of hydrogen-bond acceptors (Lipinski definition) is 6. The Kier molecular flexibility index (Phi) is 8.57. The number of nitrogens with zero attached hydrogens (tertiary/aromatic N) is 3. The molecule has 0 bridgehead atoms. The van der Waals surface area contributed by atoms with Crippen molar-refractivity contribution < 1.29 is 4.74 Å². The van der Waals surface area contributed by atoms with Gasteiger partial charge < -0.3 is 19.9 Å². The molecule has 2 aromatic heterocycles. The van der Waals surface area contributed by atoms with Gasteiger partial charge in [-0.05, 0) is 37.0 Å². The van der Waals surface area contributed by atoms with Crippen LogP contribution in [0.15, 0.2) is 29.3 Å². The molecule has 0 spiro atoms. The molecule has 1 aliphatic rings. The van der Waals surface area contributed by atoms with Crippen molar-refractivity contribution in [1.29, 1.82) is 0 Å². The van der Waals surface area contributed by atoms with E-state index in [1.807, 2.05) is 10.6 Å². The number of fused-ring (bicyclic) bond motifs is 1. The molecule has 0 radical (unpaired) electrons. The summed E-state index contributed by atoms with van der Waals surface area (Å²) in [6.07, 6.45) is 4.95. The summed E-state index contributed by atoms with van der Waals surface area (Å²) >= 11 is 12.0. The van der Waals surface area contributed by atoms with Crippen LogP contribution >= 0.6 is 35.6 Å². The number of unbranched alkanes of at least 4 members (excludes halogenated alkanes) is 1. The molecule has 0 amide bonds. The van der Waals surface area contributed by atoms with Crippen LogP contribution in [0, 0.1) is 0 Å². The zero-order valence-corrected chi connectivity index (χ0v) is 19.2. The third-order valence-electron chi connectivity index (χ3n) is 5.11. The third-order valence-corrected chi connectivity index (χ3v) is 5.85. The predicted octanol–water partition coefficient (Wildman–Crippen LogP) is 3.62. The van der Waals surface area contributed by atoms with Gasteiger partial charge in [0.25, 0.3) is 5.56 Å². The van der Waals surface area contributed by atoms with E-state index >= 15 is 0 Å². The average Bonchev–Trinajstić information content (AvgIpc) is 3.16. The van der Waals surface area contributed by atoms with Crippen LogP contribution in [0.25, 0.3) is 11.2 Å². The van der Waals surface area contributed by atoms with E-state index in [9.17, 15) is 4.79 Å². The molecule has 1 aliphatic heterocycles. The quantitative estimate of drug-likeness (QED) is 0.420. The first-order valence-electron chi connectivity index (χ1n) is 10.1.